The molecule has 0 saturated carbocycles. The summed E-state index contributed by atoms with van der Waals surface area (Å²) >= 11 is 0. The van der Waals surface area contributed by atoms with Gasteiger partial charge in [0, 0.05) is 20.2 Å². The monoisotopic (exact) mass is 281 g/mol. The van der Waals surface area contributed by atoms with E-state index in [0.29, 0.717) is 24.2 Å². The number of methoxy groups -OCH3 is 1. The molecule has 0 aliphatic carbocycles. The largest absolute Gasteiger partial charge is 0.375 e. The lowest BCUT2D eigenvalue weighted by molar-refractivity contribution is -0.139. The van der Waals surface area contributed by atoms with Crippen LogP contribution in [0.25, 0.3) is 0 Å². The first-order valence-corrected chi connectivity index (χ1v) is 6.89. The van der Waals surface area contributed by atoms with Gasteiger partial charge in [0.25, 0.3) is 5.89 Å². The molecule has 3 rings (SSSR count). The fourth-order valence-corrected chi connectivity index (χ4v) is 2.97. The number of piperidine rings is 1. The van der Waals surface area contributed by atoms with E-state index in [9.17, 15) is 4.79 Å². The molecular weight excluding hydrogens is 262 g/mol. The van der Waals surface area contributed by atoms with Crippen molar-refractivity contribution in [1.29, 1.82) is 0 Å². The lowest BCUT2D eigenvalue weighted by Gasteiger charge is -2.33. The summed E-state index contributed by atoms with van der Waals surface area (Å²) in [5.74, 6) is 1.65. The quantitative estimate of drug-likeness (QED) is 0.811. The van der Waals surface area contributed by atoms with E-state index in [1.807, 2.05) is 4.90 Å². The van der Waals surface area contributed by atoms with Crippen LogP contribution >= 0.6 is 0 Å². The highest BCUT2D eigenvalue weighted by atomic mass is 16.5. The van der Waals surface area contributed by atoms with E-state index >= 15 is 0 Å². The molecule has 0 N–H and O–H groups in total. The molecule has 110 valence electrons. The summed E-state index contributed by atoms with van der Waals surface area (Å²) in [6, 6.07) is 0. The standard InChI is InChI=1S/C13H19N3O4/c1-8-14-13(20-15-8)10-5-9-3-4-16(6-11(9)19-10)12(17)7-18-2/h9-11H,3-7H2,1-2H3/t9-,10+,11-/m0/s1. The van der Waals surface area contributed by atoms with Crippen LogP contribution in [0.15, 0.2) is 4.52 Å². The molecular formula is C13H19N3O4. The van der Waals surface area contributed by atoms with Crippen molar-refractivity contribution in [1.82, 2.24) is 15.0 Å². The third-order valence-electron chi connectivity index (χ3n) is 3.99. The zero-order chi connectivity index (χ0) is 14.1. The van der Waals surface area contributed by atoms with E-state index in [1.165, 1.54) is 7.11 Å². The van der Waals surface area contributed by atoms with Crippen LogP contribution in [0.5, 0.6) is 0 Å². The average molecular weight is 281 g/mol. The first-order chi connectivity index (χ1) is 9.67. The topological polar surface area (TPSA) is 77.7 Å². The van der Waals surface area contributed by atoms with Crippen molar-refractivity contribution < 1.29 is 18.8 Å². The minimum Gasteiger partial charge on any atom is -0.375 e. The number of ether oxygens (including phenoxy) is 2. The molecule has 20 heavy (non-hydrogen) atoms. The maximum Gasteiger partial charge on any atom is 0.255 e. The molecule has 2 saturated heterocycles. The van der Waals surface area contributed by atoms with Crippen LogP contribution in [0.2, 0.25) is 0 Å². The molecule has 0 radical (unpaired) electrons. The Morgan fingerprint density at radius 2 is 2.40 bits per heavy atom. The van der Waals surface area contributed by atoms with Gasteiger partial charge >= 0.3 is 0 Å². The number of nitrogens with zero attached hydrogens (tertiary/aromatic N) is 3. The van der Waals surface area contributed by atoms with Gasteiger partial charge in [0.2, 0.25) is 5.91 Å². The molecule has 3 atom stereocenters. The van der Waals surface area contributed by atoms with Gasteiger partial charge in [-0.2, -0.15) is 4.98 Å². The number of rotatable bonds is 3. The van der Waals surface area contributed by atoms with E-state index in [2.05, 4.69) is 10.1 Å². The minimum absolute atomic E-state index is 0.0200. The average Bonchev–Trinajstić information content (AvgIpc) is 3.03. The van der Waals surface area contributed by atoms with Gasteiger partial charge in [-0.05, 0) is 25.7 Å². The van der Waals surface area contributed by atoms with Crippen LogP contribution in [0, 0.1) is 12.8 Å². The van der Waals surface area contributed by atoms with Crippen molar-refractivity contribution in [2.24, 2.45) is 5.92 Å². The van der Waals surface area contributed by atoms with Crippen LogP contribution in [0.1, 0.15) is 30.7 Å². The van der Waals surface area contributed by atoms with Gasteiger partial charge in [-0.25, -0.2) is 0 Å². The number of likely N-dealkylation sites (tertiary alicyclic amines) is 1. The molecule has 2 aliphatic heterocycles. The molecule has 7 heteroatoms. The number of hydrogen-bond donors (Lipinski definition) is 0. The number of aromatic nitrogens is 2. The van der Waals surface area contributed by atoms with Crippen LogP contribution < -0.4 is 0 Å². The molecule has 2 aliphatic rings. The predicted molar refractivity (Wildman–Crippen MR) is 67.8 cm³/mol. The summed E-state index contributed by atoms with van der Waals surface area (Å²) in [5, 5.41) is 3.80. The van der Waals surface area contributed by atoms with Gasteiger partial charge < -0.3 is 18.9 Å². The molecule has 0 bridgehead atoms. The molecule has 0 aromatic carbocycles. The second-order valence-electron chi connectivity index (χ2n) is 5.40. The van der Waals surface area contributed by atoms with Crippen molar-refractivity contribution >= 4 is 5.91 Å². The molecule has 1 amide bonds. The molecule has 2 fully saturated rings. The third-order valence-corrected chi connectivity index (χ3v) is 3.99. The predicted octanol–water partition coefficient (Wildman–Crippen LogP) is 0.703. The van der Waals surface area contributed by atoms with Crippen LogP contribution in [-0.2, 0) is 14.3 Å². The zero-order valence-electron chi connectivity index (χ0n) is 11.7. The Labute approximate surface area is 117 Å². The number of fused-ring (bicyclic) bond motifs is 1. The molecule has 0 spiro atoms. The summed E-state index contributed by atoms with van der Waals surface area (Å²) in [6.07, 6.45) is 1.76. The summed E-state index contributed by atoms with van der Waals surface area (Å²) in [6.45, 7) is 3.31. The molecule has 7 nitrogen and oxygen atoms in total. The number of aryl methyl sites for hydroxylation is 1. The van der Waals surface area contributed by atoms with Crippen molar-refractivity contribution in [3.8, 4) is 0 Å². The van der Waals surface area contributed by atoms with E-state index < -0.39 is 0 Å². The van der Waals surface area contributed by atoms with Gasteiger partial charge in [0.15, 0.2) is 5.82 Å². The first kappa shape index (κ1) is 13.5. The molecule has 0 unspecified atom stereocenters. The van der Waals surface area contributed by atoms with Crippen molar-refractivity contribution in [3.05, 3.63) is 11.7 Å². The Bertz CT molecular complexity index is 490. The Morgan fingerprint density at radius 3 is 3.10 bits per heavy atom. The van der Waals surface area contributed by atoms with Gasteiger partial charge in [-0.3, -0.25) is 4.79 Å². The second kappa shape index (κ2) is 5.49. The molecule has 3 heterocycles. The van der Waals surface area contributed by atoms with Gasteiger partial charge in [-0.1, -0.05) is 5.16 Å². The maximum atomic E-state index is 11.8. The number of hydrogen-bond acceptors (Lipinski definition) is 6. The van der Waals surface area contributed by atoms with Crippen LogP contribution in [-0.4, -0.2) is 53.9 Å². The minimum atomic E-state index is -0.135. The highest BCUT2D eigenvalue weighted by Gasteiger charge is 2.42. The van der Waals surface area contributed by atoms with Crippen LogP contribution in [0.3, 0.4) is 0 Å². The molecule has 1 aromatic heterocycles. The first-order valence-electron chi connectivity index (χ1n) is 6.89. The lowest BCUT2D eigenvalue weighted by Crippen LogP contribution is -2.46. The van der Waals surface area contributed by atoms with Gasteiger partial charge in [0.05, 0.1) is 6.10 Å². The smallest absolute Gasteiger partial charge is 0.255 e. The summed E-state index contributed by atoms with van der Waals surface area (Å²) in [5.41, 5.74) is 0. The van der Waals surface area contributed by atoms with Crippen LogP contribution in [0.4, 0.5) is 0 Å². The number of carbonyl (C=O) groups excluding carboxylic acids is 1. The van der Waals surface area contributed by atoms with E-state index in [-0.39, 0.29) is 24.7 Å². The summed E-state index contributed by atoms with van der Waals surface area (Å²) in [4.78, 5) is 17.9. The van der Waals surface area contributed by atoms with Crippen molar-refractivity contribution in [2.75, 3.05) is 26.8 Å². The van der Waals surface area contributed by atoms with E-state index in [0.717, 1.165) is 19.4 Å². The number of carbonyl (C=O) groups is 1. The van der Waals surface area contributed by atoms with Crippen molar-refractivity contribution in [3.63, 3.8) is 0 Å². The van der Waals surface area contributed by atoms with Crippen molar-refractivity contribution in [2.45, 2.75) is 32.0 Å². The Hall–Kier alpha value is -1.47. The fourth-order valence-electron chi connectivity index (χ4n) is 2.97. The maximum absolute atomic E-state index is 11.8. The normalized spacial score (nSPS) is 29.5. The molecule has 1 aromatic rings. The Kier molecular flexibility index (Phi) is 3.71. The Balaban J connectivity index is 1.62. The fraction of sp³-hybridized carbons (Fsp3) is 0.769. The highest BCUT2D eigenvalue weighted by molar-refractivity contribution is 5.77. The summed E-state index contributed by atoms with van der Waals surface area (Å²) in [7, 11) is 1.53. The Morgan fingerprint density at radius 1 is 1.55 bits per heavy atom. The van der Waals surface area contributed by atoms with E-state index in [4.69, 9.17) is 14.0 Å². The van der Waals surface area contributed by atoms with Gasteiger partial charge in [-0.15, -0.1) is 0 Å². The zero-order valence-corrected chi connectivity index (χ0v) is 11.7. The SMILES string of the molecule is COCC(=O)N1CC[C@H]2C[C@H](c3nc(C)no3)O[C@H]2C1. The highest BCUT2D eigenvalue weighted by Crippen LogP contribution is 2.40. The second-order valence-corrected chi connectivity index (χ2v) is 5.40. The number of amides is 1. The van der Waals surface area contributed by atoms with Gasteiger partial charge in [0.1, 0.15) is 12.7 Å². The van der Waals surface area contributed by atoms with E-state index in [1.54, 1.807) is 6.92 Å². The summed E-state index contributed by atoms with van der Waals surface area (Å²) < 4.78 is 16.1. The third kappa shape index (κ3) is 2.55. The lowest BCUT2D eigenvalue weighted by atomic mass is 9.92.